The molecule has 0 aromatic carbocycles. The van der Waals surface area contributed by atoms with E-state index in [0.717, 1.165) is 19.6 Å². The van der Waals surface area contributed by atoms with Crippen molar-refractivity contribution in [1.29, 1.82) is 0 Å². The summed E-state index contributed by atoms with van der Waals surface area (Å²) in [4.78, 5) is 6.49. The van der Waals surface area contributed by atoms with E-state index in [0.29, 0.717) is 11.2 Å². The van der Waals surface area contributed by atoms with E-state index >= 15 is 0 Å². The molecule has 1 atom stereocenters. The van der Waals surface area contributed by atoms with E-state index in [1.165, 1.54) is 18.4 Å². The second-order valence-corrected chi connectivity index (χ2v) is 4.79. The molecule has 96 valence electrons. The number of nitrogens with one attached hydrogen (secondary N) is 1. The minimum Gasteiger partial charge on any atom is -0.315 e. The van der Waals surface area contributed by atoms with Crippen molar-refractivity contribution in [3.63, 3.8) is 0 Å². The van der Waals surface area contributed by atoms with Gasteiger partial charge >= 0.3 is 0 Å². The molecule has 1 aliphatic rings. The highest BCUT2D eigenvalue weighted by atomic mass is 35.5. The summed E-state index contributed by atoms with van der Waals surface area (Å²) < 4.78 is 0. The van der Waals surface area contributed by atoms with E-state index in [1.807, 2.05) is 18.3 Å². The summed E-state index contributed by atoms with van der Waals surface area (Å²) >= 11 is 5.76. The molecule has 2 rings (SSSR count). The maximum absolute atomic E-state index is 5.76. The fourth-order valence-electron chi connectivity index (χ4n) is 2.13. The van der Waals surface area contributed by atoms with E-state index in [-0.39, 0.29) is 12.4 Å². The number of pyridine rings is 1. The third kappa shape index (κ3) is 4.43. The Morgan fingerprint density at radius 2 is 2.35 bits per heavy atom. The summed E-state index contributed by atoms with van der Waals surface area (Å²) in [6, 6.07) is 4.54. The van der Waals surface area contributed by atoms with Crippen molar-refractivity contribution in [2.24, 2.45) is 0 Å². The van der Waals surface area contributed by atoms with Crippen molar-refractivity contribution in [1.82, 2.24) is 15.2 Å². The summed E-state index contributed by atoms with van der Waals surface area (Å²) in [5.41, 5.74) is 1.22. The fourth-order valence-corrected chi connectivity index (χ4v) is 2.24. The quantitative estimate of drug-likeness (QED) is 0.859. The molecule has 0 spiro atoms. The normalized spacial score (nSPS) is 20.1. The fraction of sp³-hybridized carbons (Fsp3) is 0.583. The highest BCUT2D eigenvalue weighted by Crippen LogP contribution is 2.13. The van der Waals surface area contributed by atoms with Crippen LogP contribution in [0.5, 0.6) is 0 Å². The summed E-state index contributed by atoms with van der Waals surface area (Å²) in [6.07, 6.45) is 4.41. The first-order chi connectivity index (χ1) is 7.75. The van der Waals surface area contributed by atoms with Crippen molar-refractivity contribution in [2.75, 3.05) is 20.1 Å². The zero-order valence-electron chi connectivity index (χ0n) is 10.0. The van der Waals surface area contributed by atoms with Gasteiger partial charge in [-0.2, -0.15) is 0 Å². The van der Waals surface area contributed by atoms with Gasteiger partial charge < -0.3 is 5.32 Å². The summed E-state index contributed by atoms with van der Waals surface area (Å²) in [5, 5.41) is 3.99. The van der Waals surface area contributed by atoms with Gasteiger partial charge in [-0.3, -0.25) is 4.90 Å². The standard InChI is InChI=1S/C12H18ClN3.ClH/c1-16(11-3-2-6-14-8-11)9-10-4-5-12(13)15-7-10;/h4-5,7,11,14H,2-3,6,8-9H2,1H3;1H. The minimum absolute atomic E-state index is 0. The molecule has 0 amide bonds. The monoisotopic (exact) mass is 275 g/mol. The second-order valence-electron chi connectivity index (χ2n) is 4.40. The Hall–Kier alpha value is -0.350. The maximum Gasteiger partial charge on any atom is 0.129 e. The third-order valence-electron chi connectivity index (χ3n) is 3.11. The largest absolute Gasteiger partial charge is 0.315 e. The van der Waals surface area contributed by atoms with Crippen LogP contribution in [-0.4, -0.2) is 36.1 Å². The predicted molar refractivity (Wildman–Crippen MR) is 73.9 cm³/mol. The zero-order valence-corrected chi connectivity index (χ0v) is 11.6. The number of halogens is 2. The van der Waals surface area contributed by atoms with Crippen molar-refractivity contribution >= 4 is 24.0 Å². The molecular formula is C12H19Cl2N3. The Morgan fingerprint density at radius 1 is 1.53 bits per heavy atom. The average molecular weight is 276 g/mol. The SMILES string of the molecule is CN(Cc1ccc(Cl)nc1)C1CCCNC1.Cl. The molecule has 1 aromatic heterocycles. The molecule has 0 bridgehead atoms. The van der Waals surface area contributed by atoms with E-state index in [1.54, 1.807) is 0 Å². The van der Waals surface area contributed by atoms with Gasteiger partial charge in [0.15, 0.2) is 0 Å². The molecule has 1 aromatic rings. The van der Waals surface area contributed by atoms with Gasteiger partial charge in [-0.05, 0) is 38.1 Å². The Morgan fingerprint density at radius 3 is 2.94 bits per heavy atom. The first-order valence-electron chi connectivity index (χ1n) is 5.77. The van der Waals surface area contributed by atoms with Crippen LogP contribution in [0, 0.1) is 0 Å². The Kier molecular flexibility index (Phi) is 6.20. The molecular weight excluding hydrogens is 257 g/mol. The third-order valence-corrected chi connectivity index (χ3v) is 3.34. The van der Waals surface area contributed by atoms with Crippen LogP contribution in [0.25, 0.3) is 0 Å². The molecule has 0 radical (unpaired) electrons. The molecule has 1 saturated heterocycles. The molecule has 3 nitrogen and oxygen atoms in total. The van der Waals surface area contributed by atoms with Gasteiger partial charge in [0.25, 0.3) is 0 Å². The van der Waals surface area contributed by atoms with Crippen LogP contribution in [0.3, 0.4) is 0 Å². The second kappa shape index (κ2) is 7.17. The van der Waals surface area contributed by atoms with Crippen molar-refractivity contribution in [3.8, 4) is 0 Å². The Labute approximate surface area is 114 Å². The molecule has 0 saturated carbocycles. The Balaban J connectivity index is 0.00000144. The average Bonchev–Trinajstić information content (AvgIpc) is 2.33. The molecule has 1 fully saturated rings. The first kappa shape index (κ1) is 14.7. The van der Waals surface area contributed by atoms with Crippen LogP contribution in [0.15, 0.2) is 18.3 Å². The number of nitrogens with zero attached hydrogens (tertiary/aromatic N) is 2. The molecule has 2 heterocycles. The van der Waals surface area contributed by atoms with Crippen LogP contribution < -0.4 is 5.32 Å². The van der Waals surface area contributed by atoms with Crippen LogP contribution in [0.1, 0.15) is 18.4 Å². The molecule has 1 aliphatic heterocycles. The predicted octanol–water partition coefficient (Wildman–Crippen LogP) is 2.34. The van der Waals surface area contributed by atoms with E-state index < -0.39 is 0 Å². The number of piperidine rings is 1. The van der Waals surface area contributed by atoms with Crippen LogP contribution in [0.4, 0.5) is 0 Å². The van der Waals surface area contributed by atoms with Crippen LogP contribution >= 0.6 is 24.0 Å². The van der Waals surface area contributed by atoms with Gasteiger partial charge in [0.05, 0.1) is 0 Å². The Bertz CT molecular complexity index is 323. The summed E-state index contributed by atoms with van der Waals surface area (Å²) in [7, 11) is 2.17. The molecule has 0 aliphatic carbocycles. The minimum atomic E-state index is 0. The van der Waals surface area contributed by atoms with E-state index in [9.17, 15) is 0 Å². The molecule has 5 heteroatoms. The number of likely N-dealkylation sites (N-methyl/N-ethyl adjacent to an activating group) is 1. The van der Waals surface area contributed by atoms with E-state index in [2.05, 4.69) is 22.2 Å². The van der Waals surface area contributed by atoms with E-state index in [4.69, 9.17) is 11.6 Å². The van der Waals surface area contributed by atoms with Gasteiger partial charge in [-0.1, -0.05) is 17.7 Å². The molecule has 17 heavy (non-hydrogen) atoms. The van der Waals surface area contributed by atoms with Crippen molar-refractivity contribution in [3.05, 3.63) is 29.0 Å². The number of hydrogen-bond donors (Lipinski definition) is 1. The van der Waals surface area contributed by atoms with Crippen LogP contribution in [-0.2, 0) is 6.54 Å². The molecule has 1 N–H and O–H groups in total. The summed E-state index contributed by atoms with van der Waals surface area (Å²) in [6.45, 7) is 3.20. The van der Waals surface area contributed by atoms with Gasteiger partial charge in [-0.25, -0.2) is 4.98 Å². The van der Waals surface area contributed by atoms with Gasteiger partial charge in [0, 0.05) is 25.3 Å². The first-order valence-corrected chi connectivity index (χ1v) is 6.15. The lowest BCUT2D eigenvalue weighted by atomic mass is 10.1. The smallest absolute Gasteiger partial charge is 0.129 e. The highest BCUT2D eigenvalue weighted by Gasteiger charge is 2.17. The van der Waals surface area contributed by atoms with Gasteiger partial charge in [0.2, 0.25) is 0 Å². The van der Waals surface area contributed by atoms with Crippen molar-refractivity contribution < 1.29 is 0 Å². The molecule has 1 unspecified atom stereocenters. The number of hydrogen-bond acceptors (Lipinski definition) is 3. The lowest BCUT2D eigenvalue weighted by Crippen LogP contribution is -2.43. The summed E-state index contributed by atoms with van der Waals surface area (Å²) in [5.74, 6) is 0. The van der Waals surface area contributed by atoms with Crippen LogP contribution in [0.2, 0.25) is 5.15 Å². The highest BCUT2D eigenvalue weighted by molar-refractivity contribution is 6.29. The maximum atomic E-state index is 5.76. The number of rotatable bonds is 3. The lowest BCUT2D eigenvalue weighted by molar-refractivity contribution is 0.195. The van der Waals surface area contributed by atoms with Gasteiger partial charge in [0.1, 0.15) is 5.15 Å². The lowest BCUT2D eigenvalue weighted by Gasteiger charge is -2.31. The zero-order chi connectivity index (χ0) is 11.4. The topological polar surface area (TPSA) is 28.2 Å². The van der Waals surface area contributed by atoms with Crippen molar-refractivity contribution in [2.45, 2.75) is 25.4 Å². The van der Waals surface area contributed by atoms with Gasteiger partial charge in [-0.15, -0.1) is 12.4 Å². The number of aromatic nitrogens is 1.